The molecule has 1 aliphatic carbocycles. The van der Waals surface area contributed by atoms with E-state index < -0.39 is 0 Å². The Labute approximate surface area is 136 Å². The van der Waals surface area contributed by atoms with Crippen molar-refractivity contribution in [2.24, 2.45) is 0 Å². The monoisotopic (exact) mass is 311 g/mol. The van der Waals surface area contributed by atoms with Crippen molar-refractivity contribution in [1.29, 1.82) is 0 Å². The number of rotatable bonds is 5. The fourth-order valence-electron chi connectivity index (χ4n) is 2.33. The van der Waals surface area contributed by atoms with Crippen molar-refractivity contribution >= 4 is 17.7 Å². The Hall–Kier alpha value is -1.74. The summed E-state index contributed by atoms with van der Waals surface area (Å²) in [4.78, 5) is 13.8. The summed E-state index contributed by atoms with van der Waals surface area (Å²) < 4.78 is 0. The van der Waals surface area contributed by atoms with Crippen LogP contribution >= 0.6 is 11.8 Å². The minimum absolute atomic E-state index is 0.122. The first-order chi connectivity index (χ1) is 10.6. The number of hydrogen-bond donors (Lipinski definition) is 1. The van der Waals surface area contributed by atoms with E-state index in [1.54, 1.807) is 11.8 Å². The lowest BCUT2D eigenvalue weighted by atomic mass is 10.1. The number of nitrogens with one attached hydrogen (secondary N) is 1. The molecule has 0 saturated heterocycles. The van der Waals surface area contributed by atoms with Crippen LogP contribution in [0.2, 0.25) is 0 Å². The topological polar surface area (TPSA) is 29.1 Å². The summed E-state index contributed by atoms with van der Waals surface area (Å²) in [5, 5.41) is 2.95. The highest BCUT2D eigenvalue weighted by atomic mass is 32.2. The van der Waals surface area contributed by atoms with Crippen molar-refractivity contribution < 1.29 is 4.79 Å². The van der Waals surface area contributed by atoms with Crippen LogP contribution in [0.3, 0.4) is 0 Å². The molecule has 0 heterocycles. The number of carbonyl (C=O) groups excluding carboxylic acids is 1. The third-order valence-corrected chi connectivity index (χ3v) is 5.24. The van der Waals surface area contributed by atoms with Crippen molar-refractivity contribution in [3.8, 4) is 0 Å². The second-order valence-corrected chi connectivity index (χ2v) is 7.12. The van der Waals surface area contributed by atoms with E-state index in [4.69, 9.17) is 0 Å². The first-order valence-corrected chi connectivity index (χ1v) is 8.60. The zero-order chi connectivity index (χ0) is 15.5. The standard InChI is InChI=1S/C19H21NOS/c1-13-8-11-17(12-14(13)2)22-18(15-6-4-3-5-7-15)19(21)20-16-9-10-16/h3-8,11-12,16,18H,9-10H2,1-2H3,(H,20,21)/t18-/m1/s1. The Morgan fingerprint density at radius 2 is 1.82 bits per heavy atom. The van der Waals surface area contributed by atoms with Crippen LogP contribution in [0.5, 0.6) is 0 Å². The highest BCUT2D eigenvalue weighted by molar-refractivity contribution is 8.00. The van der Waals surface area contributed by atoms with Gasteiger partial charge in [0, 0.05) is 10.9 Å². The number of carbonyl (C=O) groups is 1. The van der Waals surface area contributed by atoms with Crippen LogP contribution < -0.4 is 5.32 Å². The van der Waals surface area contributed by atoms with Gasteiger partial charge in [0.2, 0.25) is 5.91 Å². The molecule has 1 saturated carbocycles. The molecule has 114 valence electrons. The average Bonchev–Trinajstić information content (AvgIpc) is 3.33. The van der Waals surface area contributed by atoms with E-state index in [9.17, 15) is 4.79 Å². The molecule has 2 aromatic rings. The van der Waals surface area contributed by atoms with E-state index in [0.717, 1.165) is 23.3 Å². The minimum Gasteiger partial charge on any atom is -0.352 e. The molecule has 0 aromatic heterocycles. The van der Waals surface area contributed by atoms with E-state index in [0.29, 0.717) is 6.04 Å². The van der Waals surface area contributed by atoms with Crippen LogP contribution in [0.1, 0.15) is 34.8 Å². The summed E-state index contributed by atoms with van der Waals surface area (Å²) in [5.41, 5.74) is 3.60. The lowest BCUT2D eigenvalue weighted by molar-refractivity contribution is -0.120. The van der Waals surface area contributed by atoms with Gasteiger partial charge in [-0.05, 0) is 55.5 Å². The van der Waals surface area contributed by atoms with Gasteiger partial charge >= 0.3 is 0 Å². The summed E-state index contributed by atoms with van der Waals surface area (Å²) in [6, 6.07) is 16.8. The second kappa shape index (κ2) is 6.57. The lowest BCUT2D eigenvalue weighted by Gasteiger charge is -2.17. The molecule has 0 bridgehead atoms. The molecule has 0 unspecified atom stereocenters. The molecule has 2 aromatic carbocycles. The Morgan fingerprint density at radius 1 is 1.09 bits per heavy atom. The summed E-state index contributed by atoms with van der Waals surface area (Å²) >= 11 is 1.63. The number of hydrogen-bond acceptors (Lipinski definition) is 2. The number of aryl methyl sites for hydroxylation is 2. The van der Waals surface area contributed by atoms with Gasteiger partial charge in [0.15, 0.2) is 0 Å². The van der Waals surface area contributed by atoms with Crippen molar-refractivity contribution in [2.45, 2.75) is 42.9 Å². The molecule has 3 heteroatoms. The van der Waals surface area contributed by atoms with E-state index in [1.807, 2.05) is 30.3 Å². The summed E-state index contributed by atoms with van der Waals surface area (Å²) in [6.07, 6.45) is 2.23. The van der Waals surface area contributed by atoms with E-state index in [-0.39, 0.29) is 11.2 Å². The number of benzene rings is 2. The molecule has 0 radical (unpaired) electrons. The quantitative estimate of drug-likeness (QED) is 0.828. The molecular formula is C19H21NOS. The lowest BCUT2D eigenvalue weighted by Crippen LogP contribution is -2.29. The Kier molecular flexibility index (Phi) is 4.53. The van der Waals surface area contributed by atoms with Gasteiger partial charge in [0.1, 0.15) is 5.25 Å². The smallest absolute Gasteiger partial charge is 0.238 e. The zero-order valence-corrected chi connectivity index (χ0v) is 13.8. The molecular weight excluding hydrogens is 290 g/mol. The fraction of sp³-hybridized carbons (Fsp3) is 0.316. The third kappa shape index (κ3) is 3.72. The Bertz CT molecular complexity index is 664. The van der Waals surface area contributed by atoms with Gasteiger partial charge in [-0.25, -0.2) is 0 Å². The van der Waals surface area contributed by atoms with E-state index in [2.05, 4.69) is 37.4 Å². The maximum absolute atomic E-state index is 12.6. The molecule has 22 heavy (non-hydrogen) atoms. The van der Waals surface area contributed by atoms with Gasteiger partial charge in [0.25, 0.3) is 0 Å². The molecule has 1 fully saturated rings. The van der Waals surface area contributed by atoms with Gasteiger partial charge in [-0.3, -0.25) is 4.79 Å². The van der Waals surface area contributed by atoms with Crippen molar-refractivity contribution in [3.63, 3.8) is 0 Å². The summed E-state index contributed by atoms with van der Waals surface area (Å²) in [7, 11) is 0. The maximum atomic E-state index is 12.6. The van der Waals surface area contributed by atoms with Crippen LogP contribution in [0, 0.1) is 13.8 Å². The fourth-order valence-corrected chi connectivity index (χ4v) is 3.46. The van der Waals surface area contributed by atoms with Gasteiger partial charge < -0.3 is 5.32 Å². The first-order valence-electron chi connectivity index (χ1n) is 7.73. The van der Waals surface area contributed by atoms with Crippen LogP contribution in [0.15, 0.2) is 53.4 Å². The van der Waals surface area contributed by atoms with Crippen LogP contribution in [0.4, 0.5) is 0 Å². The molecule has 0 spiro atoms. The van der Waals surface area contributed by atoms with Gasteiger partial charge in [-0.1, -0.05) is 36.4 Å². The van der Waals surface area contributed by atoms with Gasteiger partial charge in [0.05, 0.1) is 0 Å². The molecule has 1 aliphatic rings. The van der Waals surface area contributed by atoms with E-state index >= 15 is 0 Å². The van der Waals surface area contributed by atoms with E-state index in [1.165, 1.54) is 11.1 Å². The number of amides is 1. The Balaban J connectivity index is 1.83. The minimum atomic E-state index is -0.191. The van der Waals surface area contributed by atoms with Crippen LogP contribution in [-0.4, -0.2) is 11.9 Å². The van der Waals surface area contributed by atoms with Gasteiger partial charge in [-0.15, -0.1) is 11.8 Å². The first kappa shape index (κ1) is 15.2. The molecule has 3 rings (SSSR count). The molecule has 1 N–H and O–H groups in total. The largest absolute Gasteiger partial charge is 0.352 e. The SMILES string of the molecule is Cc1ccc(S[C@@H](C(=O)NC2CC2)c2ccccc2)cc1C. The van der Waals surface area contributed by atoms with Crippen molar-refractivity contribution in [3.05, 3.63) is 65.2 Å². The normalized spacial score (nSPS) is 15.4. The molecule has 2 nitrogen and oxygen atoms in total. The zero-order valence-electron chi connectivity index (χ0n) is 13.0. The summed E-state index contributed by atoms with van der Waals surface area (Å²) in [5.74, 6) is 0.122. The van der Waals surface area contributed by atoms with Crippen molar-refractivity contribution in [1.82, 2.24) is 5.32 Å². The van der Waals surface area contributed by atoms with Crippen LogP contribution in [0.25, 0.3) is 0 Å². The Morgan fingerprint density at radius 3 is 2.45 bits per heavy atom. The maximum Gasteiger partial charge on any atom is 0.238 e. The highest BCUT2D eigenvalue weighted by Gasteiger charge is 2.29. The van der Waals surface area contributed by atoms with Gasteiger partial charge in [-0.2, -0.15) is 0 Å². The highest BCUT2D eigenvalue weighted by Crippen LogP contribution is 2.37. The predicted molar refractivity (Wildman–Crippen MR) is 92.1 cm³/mol. The average molecular weight is 311 g/mol. The molecule has 0 aliphatic heterocycles. The van der Waals surface area contributed by atoms with Crippen molar-refractivity contribution in [2.75, 3.05) is 0 Å². The second-order valence-electron chi connectivity index (χ2n) is 5.94. The summed E-state index contributed by atoms with van der Waals surface area (Å²) in [6.45, 7) is 4.22. The third-order valence-electron chi connectivity index (χ3n) is 4.00. The number of thioether (sulfide) groups is 1. The molecule has 1 amide bonds. The van der Waals surface area contributed by atoms with Crippen LogP contribution in [-0.2, 0) is 4.79 Å². The predicted octanol–water partition coefficient (Wildman–Crippen LogP) is 4.42. The molecule has 1 atom stereocenters.